The Labute approximate surface area is 105 Å². The number of carbonyl (C=O) groups is 1. The normalized spacial score (nSPS) is 14.7. The van der Waals surface area contributed by atoms with E-state index in [9.17, 15) is 4.79 Å². The molecule has 0 spiro atoms. The topological polar surface area (TPSA) is 55.1 Å². The third-order valence-corrected chi connectivity index (χ3v) is 4.10. The van der Waals surface area contributed by atoms with Crippen LogP contribution in [0.15, 0.2) is 30.3 Å². The molecule has 0 fully saturated rings. The Kier molecular flexibility index (Phi) is 3.45. The van der Waals surface area contributed by atoms with Crippen molar-refractivity contribution in [2.24, 2.45) is 5.73 Å². The molecule has 4 heteroatoms. The molecule has 2 aromatic rings. The standard InChI is InChI=1S/C13H16N2OS/c1-8(15-9(2)13(14)16)12-7-10-5-3-4-6-11(10)17-12/h3-9,15H,1-2H3,(H2,14,16). The van der Waals surface area contributed by atoms with Gasteiger partial charge >= 0.3 is 0 Å². The van der Waals surface area contributed by atoms with Gasteiger partial charge in [-0.3, -0.25) is 10.1 Å². The highest BCUT2D eigenvalue weighted by molar-refractivity contribution is 7.19. The molecule has 1 aromatic carbocycles. The number of nitrogens with two attached hydrogens (primary N) is 1. The van der Waals surface area contributed by atoms with Crippen LogP contribution in [0.4, 0.5) is 0 Å². The molecule has 3 N–H and O–H groups in total. The van der Waals surface area contributed by atoms with E-state index in [1.54, 1.807) is 18.3 Å². The minimum Gasteiger partial charge on any atom is -0.368 e. The fourth-order valence-corrected chi connectivity index (χ4v) is 2.83. The lowest BCUT2D eigenvalue weighted by atomic mass is 10.2. The Morgan fingerprint density at radius 3 is 2.71 bits per heavy atom. The molecular formula is C13H16N2OS. The molecule has 0 saturated carbocycles. The average molecular weight is 248 g/mol. The maximum absolute atomic E-state index is 11.0. The molecule has 0 aliphatic heterocycles. The fourth-order valence-electron chi connectivity index (χ4n) is 1.76. The molecule has 1 aromatic heterocycles. The number of rotatable bonds is 4. The molecule has 2 rings (SSSR count). The van der Waals surface area contributed by atoms with Crippen molar-refractivity contribution in [2.45, 2.75) is 25.9 Å². The number of nitrogens with one attached hydrogen (secondary N) is 1. The molecule has 1 amide bonds. The molecule has 3 nitrogen and oxygen atoms in total. The van der Waals surface area contributed by atoms with Crippen molar-refractivity contribution >= 4 is 27.3 Å². The van der Waals surface area contributed by atoms with Gasteiger partial charge in [0, 0.05) is 15.6 Å². The van der Waals surface area contributed by atoms with Gasteiger partial charge in [-0.25, -0.2) is 0 Å². The Morgan fingerprint density at radius 2 is 2.06 bits per heavy atom. The summed E-state index contributed by atoms with van der Waals surface area (Å²) in [4.78, 5) is 12.2. The first-order valence-corrected chi connectivity index (χ1v) is 6.43. The summed E-state index contributed by atoms with van der Waals surface area (Å²) in [7, 11) is 0. The van der Waals surface area contributed by atoms with Crippen LogP contribution in [0, 0.1) is 0 Å². The zero-order valence-corrected chi connectivity index (χ0v) is 10.8. The van der Waals surface area contributed by atoms with E-state index in [4.69, 9.17) is 5.73 Å². The lowest BCUT2D eigenvalue weighted by molar-refractivity contribution is -0.119. The largest absolute Gasteiger partial charge is 0.368 e. The van der Waals surface area contributed by atoms with Gasteiger partial charge in [-0.05, 0) is 31.4 Å². The monoisotopic (exact) mass is 248 g/mol. The Hall–Kier alpha value is -1.39. The molecule has 17 heavy (non-hydrogen) atoms. The van der Waals surface area contributed by atoms with Crippen molar-refractivity contribution in [1.82, 2.24) is 5.32 Å². The molecule has 1 heterocycles. The number of hydrogen-bond donors (Lipinski definition) is 2. The summed E-state index contributed by atoms with van der Waals surface area (Å²) < 4.78 is 1.27. The maximum Gasteiger partial charge on any atom is 0.234 e. The van der Waals surface area contributed by atoms with Crippen molar-refractivity contribution in [3.8, 4) is 0 Å². The number of amides is 1. The van der Waals surface area contributed by atoms with E-state index in [-0.39, 0.29) is 18.0 Å². The van der Waals surface area contributed by atoms with Gasteiger partial charge in [-0.1, -0.05) is 18.2 Å². The van der Waals surface area contributed by atoms with Gasteiger partial charge in [0.15, 0.2) is 0 Å². The summed E-state index contributed by atoms with van der Waals surface area (Å²) in [6.45, 7) is 3.83. The summed E-state index contributed by atoms with van der Waals surface area (Å²) in [5.74, 6) is -0.321. The maximum atomic E-state index is 11.0. The summed E-state index contributed by atoms with van der Waals surface area (Å²) in [6, 6.07) is 10.2. The number of hydrogen-bond acceptors (Lipinski definition) is 3. The minimum absolute atomic E-state index is 0.134. The molecule has 2 atom stereocenters. The molecule has 90 valence electrons. The first-order valence-electron chi connectivity index (χ1n) is 5.62. The van der Waals surface area contributed by atoms with Crippen molar-refractivity contribution in [1.29, 1.82) is 0 Å². The van der Waals surface area contributed by atoms with Gasteiger partial charge in [0.1, 0.15) is 0 Å². The lowest BCUT2D eigenvalue weighted by Gasteiger charge is -2.16. The lowest BCUT2D eigenvalue weighted by Crippen LogP contribution is -2.39. The van der Waals surface area contributed by atoms with Crippen LogP contribution in [-0.2, 0) is 4.79 Å². The molecule has 2 unspecified atom stereocenters. The van der Waals surface area contributed by atoms with Crippen LogP contribution in [-0.4, -0.2) is 11.9 Å². The summed E-state index contributed by atoms with van der Waals surface area (Å²) in [5, 5.41) is 4.44. The molecule has 0 bridgehead atoms. The molecule has 0 aliphatic rings. The van der Waals surface area contributed by atoms with Crippen molar-refractivity contribution < 1.29 is 4.79 Å². The van der Waals surface area contributed by atoms with Crippen LogP contribution < -0.4 is 11.1 Å². The predicted octanol–water partition coefficient (Wildman–Crippen LogP) is 2.43. The Bertz CT molecular complexity index is 502. The van der Waals surface area contributed by atoms with E-state index in [1.807, 2.05) is 19.1 Å². The summed E-state index contributed by atoms with van der Waals surface area (Å²) >= 11 is 1.74. The van der Waals surface area contributed by atoms with Gasteiger partial charge in [0.2, 0.25) is 5.91 Å². The van der Waals surface area contributed by atoms with Crippen LogP contribution in [0.3, 0.4) is 0 Å². The van der Waals surface area contributed by atoms with Crippen molar-refractivity contribution in [2.75, 3.05) is 0 Å². The number of fused-ring (bicyclic) bond motifs is 1. The van der Waals surface area contributed by atoms with Gasteiger partial charge in [0.25, 0.3) is 0 Å². The third kappa shape index (κ3) is 2.65. The van der Waals surface area contributed by atoms with E-state index in [2.05, 4.69) is 23.5 Å². The van der Waals surface area contributed by atoms with E-state index >= 15 is 0 Å². The van der Waals surface area contributed by atoms with Crippen LogP contribution in [0.1, 0.15) is 24.8 Å². The summed E-state index contributed by atoms with van der Waals surface area (Å²) in [5.41, 5.74) is 5.24. The number of carbonyl (C=O) groups excluding carboxylic acids is 1. The highest BCUT2D eigenvalue weighted by Crippen LogP contribution is 2.29. The first kappa shape index (κ1) is 12.1. The minimum atomic E-state index is -0.321. The highest BCUT2D eigenvalue weighted by atomic mass is 32.1. The first-order chi connectivity index (χ1) is 8.08. The summed E-state index contributed by atoms with van der Waals surface area (Å²) in [6.07, 6.45) is 0. The molecule has 0 radical (unpaired) electrons. The average Bonchev–Trinajstić information content (AvgIpc) is 2.72. The van der Waals surface area contributed by atoms with Crippen LogP contribution in [0.5, 0.6) is 0 Å². The molecule has 0 saturated heterocycles. The van der Waals surface area contributed by atoms with Crippen molar-refractivity contribution in [3.63, 3.8) is 0 Å². The van der Waals surface area contributed by atoms with Gasteiger partial charge < -0.3 is 5.73 Å². The smallest absolute Gasteiger partial charge is 0.234 e. The van der Waals surface area contributed by atoms with Crippen molar-refractivity contribution in [3.05, 3.63) is 35.2 Å². The molecule has 0 aliphatic carbocycles. The van der Waals surface area contributed by atoms with E-state index in [0.717, 1.165) is 0 Å². The van der Waals surface area contributed by atoms with Gasteiger partial charge in [-0.2, -0.15) is 0 Å². The number of thiophene rings is 1. The van der Waals surface area contributed by atoms with Crippen LogP contribution >= 0.6 is 11.3 Å². The second-order valence-corrected chi connectivity index (χ2v) is 5.31. The number of primary amides is 1. The third-order valence-electron chi connectivity index (χ3n) is 2.80. The Morgan fingerprint density at radius 1 is 1.35 bits per heavy atom. The predicted molar refractivity (Wildman–Crippen MR) is 72.0 cm³/mol. The fraction of sp³-hybridized carbons (Fsp3) is 0.308. The second kappa shape index (κ2) is 4.85. The highest BCUT2D eigenvalue weighted by Gasteiger charge is 2.15. The van der Waals surface area contributed by atoms with Crippen LogP contribution in [0.25, 0.3) is 10.1 Å². The quantitative estimate of drug-likeness (QED) is 0.873. The molecular weight excluding hydrogens is 232 g/mol. The van der Waals surface area contributed by atoms with Gasteiger partial charge in [0.05, 0.1) is 6.04 Å². The Balaban J connectivity index is 2.19. The van der Waals surface area contributed by atoms with Gasteiger partial charge in [-0.15, -0.1) is 11.3 Å². The zero-order chi connectivity index (χ0) is 12.4. The number of benzene rings is 1. The zero-order valence-electron chi connectivity index (χ0n) is 9.94. The SMILES string of the molecule is CC(NC(C)c1cc2ccccc2s1)C(N)=O. The second-order valence-electron chi connectivity index (χ2n) is 4.20. The van der Waals surface area contributed by atoms with E-state index in [0.29, 0.717) is 0 Å². The van der Waals surface area contributed by atoms with Crippen LogP contribution in [0.2, 0.25) is 0 Å². The van der Waals surface area contributed by atoms with E-state index < -0.39 is 0 Å². The van der Waals surface area contributed by atoms with E-state index in [1.165, 1.54) is 15.0 Å².